The molecular weight excluding hydrogens is 384 g/mol. The van der Waals surface area contributed by atoms with Crippen molar-refractivity contribution >= 4 is 17.3 Å². The van der Waals surface area contributed by atoms with Gasteiger partial charge in [-0.1, -0.05) is 55.7 Å². The molecule has 0 radical (unpaired) electrons. The zero-order valence-corrected chi connectivity index (χ0v) is 19.0. The monoisotopic (exact) mass is 422 g/mol. The number of nitrogens with zero attached hydrogens (tertiary/aromatic N) is 2. The van der Waals surface area contributed by atoms with E-state index in [-0.39, 0.29) is 11.9 Å². The van der Waals surface area contributed by atoms with Crippen molar-refractivity contribution in [1.82, 2.24) is 4.90 Å². The van der Waals surface area contributed by atoms with Gasteiger partial charge in [-0.3, -0.25) is 4.79 Å². The smallest absolute Gasteiger partial charge is 0.310 e. The molecule has 1 aliphatic heterocycles. The van der Waals surface area contributed by atoms with Gasteiger partial charge in [-0.15, -0.1) is 0 Å². The first-order valence-corrected chi connectivity index (χ1v) is 12.0. The van der Waals surface area contributed by atoms with Crippen molar-refractivity contribution in [2.45, 2.75) is 51.9 Å². The lowest BCUT2D eigenvalue weighted by atomic mass is 9.98. The number of carbonyl (C=O) groups excluding carboxylic acids is 1. The first-order chi connectivity index (χ1) is 15.3. The lowest BCUT2D eigenvalue weighted by Crippen LogP contribution is -2.39. The van der Waals surface area contributed by atoms with Crippen molar-refractivity contribution in [1.29, 1.82) is 0 Å². The molecule has 0 aliphatic carbocycles. The fourth-order valence-electron chi connectivity index (χ4n) is 4.47. The number of piperidine rings is 1. The maximum atomic E-state index is 12.0. The van der Waals surface area contributed by atoms with Crippen molar-refractivity contribution < 1.29 is 9.53 Å². The normalized spacial score (nSPS) is 16.7. The molecule has 0 spiro atoms. The van der Waals surface area contributed by atoms with Gasteiger partial charge in [0.05, 0.1) is 12.5 Å². The highest BCUT2D eigenvalue weighted by Gasteiger charge is 2.26. The SMILES string of the molecule is CCOC(=O)[C@@H]1CCCN(CCCCCCCN(c2ccccc2)c2ccccc2)C1. The molecule has 1 aliphatic rings. The zero-order chi connectivity index (χ0) is 21.7. The molecule has 0 amide bonds. The third-order valence-corrected chi connectivity index (χ3v) is 6.12. The molecule has 2 aromatic carbocycles. The topological polar surface area (TPSA) is 32.8 Å². The van der Waals surface area contributed by atoms with Crippen LogP contribution in [-0.4, -0.2) is 43.7 Å². The van der Waals surface area contributed by atoms with E-state index < -0.39 is 0 Å². The molecule has 1 heterocycles. The molecule has 4 nitrogen and oxygen atoms in total. The van der Waals surface area contributed by atoms with Gasteiger partial charge in [0, 0.05) is 24.5 Å². The van der Waals surface area contributed by atoms with Gasteiger partial charge in [-0.05, 0) is 70.0 Å². The quantitative estimate of drug-likeness (QED) is 0.308. The third-order valence-electron chi connectivity index (χ3n) is 6.12. The highest BCUT2D eigenvalue weighted by molar-refractivity contribution is 5.72. The number of anilines is 2. The summed E-state index contributed by atoms with van der Waals surface area (Å²) in [6, 6.07) is 21.3. The van der Waals surface area contributed by atoms with Crippen molar-refractivity contribution in [2.75, 3.05) is 37.7 Å². The summed E-state index contributed by atoms with van der Waals surface area (Å²) >= 11 is 0. The Morgan fingerprint density at radius 1 is 0.935 bits per heavy atom. The van der Waals surface area contributed by atoms with Crippen LogP contribution in [0.25, 0.3) is 0 Å². The lowest BCUT2D eigenvalue weighted by molar-refractivity contribution is -0.149. The summed E-state index contributed by atoms with van der Waals surface area (Å²) in [5, 5.41) is 0. The van der Waals surface area contributed by atoms with Crippen LogP contribution in [0.3, 0.4) is 0 Å². The van der Waals surface area contributed by atoms with E-state index in [0.29, 0.717) is 6.61 Å². The van der Waals surface area contributed by atoms with Gasteiger partial charge in [0.25, 0.3) is 0 Å². The second-order valence-electron chi connectivity index (χ2n) is 8.48. The van der Waals surface area contributed by atoms with E-state index in [1.807, 2.05) is 6.92 Å². The van der Waals surface area contributed by atoms with Gasteiger partial charge >= 0.3 is 5.97 Å². The van der Waals surface area contributed by atoms with E-state index in [2.05, 4.69) is 70.5 Å². The number of unbranched alkanes of at least 4 members (excludes halogenated alkanes) is 4. The maximum Gasteiger partial charge on any atom is 0.310 e. The molecule has 1 fully saturated rings. The number of ether oxygens (including phenoxy) is 1. The average Bonchev–Trinajstić information content (AvgIpc) is 2.82. The summed E-state index contributed by atoms with van der Waals surface area (Å²) < 4.78 is 5.21. The Kier molecular flexibility index (Phi) is 9.91. The van der Waals surface area contributed by atoms with Crippen LogP contribution in [0.5, 0.6) is 0 Å². The fraction of sp³-hybridized carbons (Fsp3) is 0.519. The Balaban J connectivity index is 1.34. The maximum absolute atomic E-state index is 12.0. The summed E-state index contributed by atoms with van der Waals surface area (Å²) in [5.41, 5.74) is 2.52. The van der Waals surface area contributed by atoms with E-state index in [0.717, 1.165) is 39.0 Å². The highest BCUT2D eigenvalue weighted by atomic mass is 16.5. The number of carbonyl (C=O) groups is 1. The van der Waals surface area contributed by atoms with Crippen molar-refractivity contribution in [3.63, 3.8) is 0 Å². The van der Waals surface area contributed by atoms with Crippen LogP contribution >= 0.6 is 0 Å². The minimum absolute atomic E-state index is 0.00594. The van der Waals surface area contributed by atoms with E-state index in [4.69, 9.17) is 4.74 Å². The summed E-state index contributed by atoms with van der Waals surface area (Å²) in [4.78, 5) is 16.9. The number of hydrogen-bond donors (Lipinski definition) is 0. The molecule has 0 N–H and O–H groups in total. The summed E-state index contributed by atoms with van der Waals surface area (Å²) in [6.45, 7) is 6.52. The van der Waals surface area contributed by atoms with E-state index in [1.165, 1.54) is 43.5 Å². The molecular formula is C27H38N2O2. The summed E-state index contributed by atoms with van der Waals surface area (Å²) in [6.07, 6.45) is 8.29. The van der Waals surface area contributed by atoms with Gasteiger partial charge < -0.3 is 14.5 Å². The first kappa shape index (κ1) is 23.3. The third kappa shape index (κ3) is 7.70. The Morgan fingerprint density at radius 2 is 1.55 bits per heavy atom. The highest BCUT2D eigenvalue weighted by Crippen LogP contribution is 2.25. The van der Waals surface area contributed by atoms with Crippen LogP contribution in [0.15, 0.2) is 60.7 Å². The van der Waals surface area contributed by atoms with E-state index in [1.54, 1.807) is 0 Å². The number of hydrogen-bond acceptors (Lipinski definition) is 4. The van der Waals surface area contributed by atoms with Crippen LogP contribution in [0.1, 0.15) is 51.9 Å². The van der Waals surface area contributed by atoms with Crippen LogP contribution < -0.4 is 4.90 Å². The molecule has 1 saturated heterocycles. The van der Waals surface area contributed by atoms with Crippen molar-refractivity contribution in [3.8, 4) is 0 Å². The molecule has 2 aromatic rings. The largest absolute Gasteiger partial charge is 0.466 e. The molecule has 1 atom stereocenters. The number of benzene rings is 2. The van der Waals surface area contributed by atoms with Gasteiger partial charge in [0.15, 0.2) is 0 Å². The fourth-order valence-corrected chi connectivity index (χ4v) is 4.47. The molecule has 0 bridgehead atoms. The van der Waals surface area contributed by atoms with Crippen LogP contribution in [0, 0.1) is 5.92 Å². The second kappa shape index (κ2) is 13.2. The van der Waals surface area contributed by atoms with Crippen molar-refractivity contribution in [2.24, 2.45) is 5.92 Å². The zero-order valence-electron chi connectivity index (χ0n) is 19.0. The van der Waals surface area contributed by atoms with Crippen LogP contribution in [0.4, 0.5) is 11.4 Å². The van der Waals surface area contributed by atoms with Crippen LogP contribution in [-0.2, 0) is 9.53 Å². The van der Waals surface area contributed by atoms with Gasteiger partial charge in [0.1, 0.15) is 0 Å². The molecule has 0 aromatic heterocycles. The molecule has 0 saturated carbocycles. The van der Waals surface area contributed by atoms with Gasteiger partial charge in [-0.25, -0.2) is 0 Å². The summed E-state index contributed by atoms with van der Waals surface area (Å²) in [5.74, 6) is 0.0734. The van der Waals surface area contributed by atoms with Gasteiger partial charge in [0.2, 0.25) is 0 Å². The Labute approximate surface area is 188 Å². The van der Waals surface area contributed by atoms with Crippen LogP contribution in [0.2, 0.25) is 0 Å². The summed E-state index contributed by atoms with van der Waals surface area (Å²) in [7, 11) is 0. The molecule has 0 unspecified atom stereocenters. The number of rotatable bonds is 12. The first-order valence-electron chi connectivity index (χ1n) is 12.0. The minimum Gasteiger partial charge on any atom is -0.466 e. The predicted molar refractivity (Wildman–Crippen MR) is 129 cm³/mol. The van der Waals surface area contributed by atoms with Crippen molar-refractivity contribution in [3.05, 3.63) is 60.7 Å². The Bertz CT molecular complexity index is 711. The molecule has 4 heteroatoms. The van der Waals surface area contributed by atoms with Gasteiger partial charge in [-0.2, -0.15) is 0 Å². The standard InChI is InChI=1S/C27H38N2O2/c1-2-31-27(30)24-15-14-21-28(23-24)20-12-4-3-5-13-22-29(25-16-8-6-9-17-25)26-18-10-7-11-19-26/h6-11,16-19,24H,2-5,12-15,20-23H2,1H3/t24-/m1/s1. The average molecular weight is 423 g/mol. The molecule has 31 heavy (non-hydrogen) atoms. The Hall–Kier alpha value is -2.33. The molecule has 3 rings (SSSR count). The number of para-hydroxylation sites is 2. The minimum atomic E-state index is -0.00594. The predicted octanol–water partition coefficient (Wildman–Crippen LogP) is 6.05. The Morgan fingerprint density at radius 3 is 2.19 bits per heavy atom. The van der Waals surface area contributed by atoms with E-state index >= 15 is 0 Å². The number of likely N-dealkylation sites (tertiary alicyclic amines) is 1. The van der Waals surface area contributed by atoms with E-state index in [9.17, 15) is 4.79 Å². The molecule has 168 valence electrons. The second-order valence-corrected chi connectivity index (χ2v) is 8.48. The number of esters is 1. The lowest BCUT2D eigenvalue weighted by Gasteiger charge is -2.31.